The quantitative estimate of drug-likeness (QED) is 0.653. The lowest BCUT2D eigenvalue weighted by molar-refractivity contribution is -0.115. The first kappa shape index (κ1) is 17.4. The van der Waals surface area contributed by atoms with Gasteiger partial charge in [0.15, 0.2) is 0 Å². The number of hydrogen-bond donors (Lipinski definition) is 3. The molecule has 1 amide bonds. The molecule has 118 valence electrons. The van der Waals surface area contributed by atoms with Crippen LogP contribution >= 0.6 is 0 Å². The highest BCUT2D eigenvalue weighted by Crippen LogP contribution is 2.15. The number of nitrogens with zero attached hydrogens (tertiary/aromatic N) is 1. The topological polar surface area (TPSA) is 90.5 Å². The van der Waals surface area contributed by atoms with Crippen LogP contribution in [-0.2, 0) is 15.0 Å². The lowest BCUT2D eigenvalue weighted by Crippen LogP contribution is -2.40. The van der Waals surface area contributed by atoms with Crippen LogP contribution in [0, 0.1) is 0 Å². The lowest BCUT2D eigenvalue weighted by atomic mass is 10.2. The highest BCUT2D eigenvalue weighted by atomic mass is 32.2. The first-order valence-corrected chi connectivity index (χ1v) is 8.14. The van der Waals surface area contributed by atoms with Crippen molar-refractivity contribution in [2.45, 2.75) is 13.3 Å². The Morgan fingerprint density at radius 3 is 2.29 bits per heavy atom. The fourth-order valence-electron chi connectivity index (χ4n) is 1.50. The second-order valence-electron chi connectivity index (χ2n) is 4.71. The first-order chi connectivity index (χ1) is 9.84. The van der Waals surface area contributed by atoms with Crippen molar-refractivity contribution in [2.75, 3.05) is 37.4 Å². The molecular formula is C13H22N4O3S. The molecular weight excluding hydrogens is 292 g/mol. The minimum Gasteiger partial charge on any atom is -0.378 e. The van der Waals surface area contributed by atoms with Crippen molar-refractivity contribution in [1.82, 2.24) is 9.44 Å². The van der Waals surface area contributed by atoms with Crippen LogP contribution in [0.5, 0.6) is 0 Å². The molecule has 1 aromatic carbocycles. The van der Waals surface area contributed by atoms with Crippen molar-refractivity contribution in [3.05, 3.63) is 24.3 Å². The van der Waals surface area contributed by atoms with Crippen LogP contribution in [0.4, 0.5) is 11.4 Å². The molecule has 1 aromatic rings. The van der Waals surface area contributed by atoms with E-state index in [1.54, 1.807) is 12.1 Å². The Morgan fingerprint density at radius 2 is 1.76 bits per heavy atom. The van der Waals surface area contributed by atoms with E-state index in [0.29, 0.717) is 18.7 Å². The maximum absolute atomic E-state index is 11.7. The van der Waals surface area contributed by atoms with Gasteiger partial charge in [-0.2, -0.15) is 13.1 Å². The van der Waals surface area contributed by atoms with Crippen LogP contribution < -0.4 is 19.7 Å². The van der Waals surface area contributed by atoms with Gasteiger partial charge in [-0.05, 0) is 30.7 Å². The van der Waals surface area contributed by atoms with E-state index in [2.05, 4.69) is 14.8 Å². The smallest absolute Gasteiger partial charge is 0.277 e. The Balaban J connectivity index is 2.47. The fraction of sp³-hybridized carbons (Fsp3) is 0.462. The molecule has 8 heteroatoms. The number of anilines is 2. The average Bonchev–Trinajstić information content (AvgIpc) is 2.44. The molecule has 0 aliphatic rings. The Labute approximate surface area is 125 Å². The third kappa shape index (κ3) is 6.56. The number of carbonyl (C=O) groups is 1. The minimum absolute atomic E-state index is 0.311. The van der Waals surface area contributed by atoms with Crippen molar-refractivity contribution in [2.24, 2.45) is 0 Å². The molecule has 21 heavy (non-hydrogen) atoms. The molecule has 0 saturated heterocycles. The first-order valence-electron chi connectivity index (χ1n) is 6.65. The van der Waals surface area contributed by atoms with Gasteiger partial charge in [0, 0.05) is 32.0 Å². The van der Waals surface area contributed by atoms with Crippen LogP contribution in [0.15, 0.2) is 24.3 Å². The summed E-state index contributed by atoms with van der Waals surface area (Å²) in [6, 6.07) is 7.25. The summed E-state index contributed by atoms with van der Waals surface area (Å²) in [4.78, 5) is 13.6. The molecule has 0 aliphatic carbocycles. The molecule has 0 atom stereocenters. The van der Waals surface area contributed by atoms with Gasteiger partial charge in [0.25, 0.3) is 10.2 Å². The van der Waals surface area contributed by atoms with Crippen LogP contribution in [0.3, 0.4) is 0 Å². The van der Waals surface area contributed by atoms with Crippen molar-refractivity contribution < 1.29 is 13.2 Å². The second kappa shape index (κ2) is 7.96. The highest BCUT2D eigenvalue weighted by molar-refractivity contribution is 7.87. The molecule has 0 saturated carbocycles. The molecule has 0 radical (unpaired) electrons. The maximum atomic E-state index is 11.7. The van der Waals surface area contributed by atoms with Crippen molar-refractivity contribution in [3.63, 3.8) is 0 Å². The van der Waals surface area contributed by atoms with Gasteiger partial charge in [0.1, 0.15) is 0 Å². The van der Waals surface area contributed by atoms with E-state index in [0.717, 1.165) is 5.69 Å². The van der Waals surface area contributed by atoms with E-state index in [4.69, 9.17) is 0 Å². The summed E-state index contributed by atoms with van der Waals surface area (Å²) >= 11 is 0. The second-order valence-corrected chi connectivity index (χ2v) is 6.29. The minimum atomic E-state index is -3.62. The van der Waals surface area contributed by atoms with Gasteiger partial charge in [-0.25, -0.2) is 4.72 Å². The maximum Gasteiger partial charge on any atom is 0.277 e. The Bertz CT molecular complexity index is 555. The van der Waals surface area contributed by atoms with Crippen LogP contribution in [0.25, 0.3) is 0 Å². The van der Waals surface area contributed by atoms with Gasteiger partial charge in [-0.15, -0.1) is 0 Å². The largest absolute Gasteiger partial charge is 0.378 e. The van der Waals surface area contributed by atoms with E-state index in [1.807, 2.05) is 38.1 Å². The van der Waals surface area contributed by atoms with Gasteiger partial charge in [0.2, 0.25) is 5.91 Å². The monoisotopic (exact) mass is 314 g/mol. The summed E-state index contributed by atoms with van der Waals surface area (Å²) in [6.07, 6.45) is 0.686. The molecule has 1 rings (SSSR count). The Hall–Kier alpha value is -1.64. The predicted octanol–water partition coefficient (Wildman–Crippen LogP) is 0.525. The van der Waals surface area contributed by atoms with Crippen LogP contribution in [-0.4, -0.2) is 41.5 Å². The van der Waals surface area contributed by atoms with Gasteiger partial charge in [-0.1, -0.05) is 6.92 Å². The van der Waals surface area contributed by atoms with Gasteiger partial charge < -0.3 is 10.2 Å². The number of hydrogen-bond acceptors (Lipinski definition) is 4. The fourth-order valence-corrected chi connectivity index (χ4v) is 2.39. The molecule has 0 bridgehead atoms. The molecule has 7 nitrogen and oxygen atoms in total. The zero-order valence-electron chi connectivity index (χ0n) is 12.5. The summed E-state index contributed by atoms with van der Waals surface area (Å²) < 4.78 is 27.4. The molecule has 0 aliphatic heterocycles. The van der Waals surface area contributed by atoms with Gasteiger partial charge in [-0.3, -0.25) is 4.79 Å². The molecule has 0 unspecified atom stereocenters. The zero-order chi connectivity index (χ0) is 15.9. The third-order valence-electron chi connectivity index (χ3n) is 2.63. The SMILES string of the molecule is CCCNS(=O)(=O)NCC(=O)Nc1ccc(N(C)C)cc1. The standard InChI is InChI=1S/C13H22N4O3S/c1-4-9-14-21(19,20)15-10-13(18)16-11-5-7-12(8-6-11)17(2)3/h5-8,14-15H,4,9-10H2,1-3H3,(H,16,18). The number of amides is 1. The van der Waals surface area contributed by atoms with E-state index < -0.39 is 16.1 Å². The van der Waals surface area contributed by atoms with Gasteiger partial charge in [0.05, 0.1) is 6.54 Å². The summed E-state index contributed by atoms with van der Waals surface area (Å²) in [6.45, 7) is 1.88. The summed E-state index contributed by atoms with van der Waals surface area (Å²) in [5.74, 6) is -0.422. The third-order valence-corrected chi connectivity index (χ3v) is 3.74. The van der Waals surface area contributed by atoms with Crippen molar-refractivity contribution in [3.8, 4) is 0 Å². The summed E-state index contributed by atoms with van der Waals surface area (Å²) in [5.41, 5.74) is 1.63. The van der Waals surface area contributed by atoms with E-state index >= 15 is 0 Å². The summed E-state index contributed by atoms with van der Waals surface area (Å²) in [7, 11) is 0.228. The Morgan fingerprint density at radius 1 is 1.14 bits per heavy atom. The van der Waals surface area contributed by atoms with Crippen molar-refractivity contribution >= 4 is 27.5 Å². The predicted molar refractivity (Wildman–Crippen MR) is 84.6 cm³/mol. The van der Waals surface area contributed by atoms with Crippen LogP contribution in [0.1, 0.15) is 13.3 Å². The molecule has 0 aromatic heterocycles. The number of rotatable bonds is 8. The normalized spacial score (nSPS) is 11.2. The highest BCUT2D eigenvalue weighted by Gasteiger charge is 2.11. The number of benzene rings is 1. The van der Waals surface area contributed by atoms with Gasteiger partial charge >= 0.3 is 0 Å². The summed E-state index contributed by atoms with van der Waals surface area (Å²) in [5, 5.41) is 2.62. The average molecular weight is 314 g/mol. The van der Waals surface area contributed by atoms with E-state index in [9.17, 15) is 13.2 Å². The molecule has 0 fully saturated rings. The molecule has 3 N–H and O–H groups in total. The van der Waals surface area contributed by atoms with Crippen molar-refractivity contribution in [1.29, 1.82) is 0 Å². The number of nitrogens with one attached hydrogen (secondary N) is 3. The lowest BCUT2D eigenvalue weighted by Gasteiger charge is -2.13. The molecule has 0 spiro atoms. The van der Waals surface area contributed by atoms with E-state index in [-0.39, 0.29) is 6.54 Å². The van der Waals surface area contributed by atoms with E-state index in [1.165, 1.54) is 0 Å². The number of carbonyl (C=O) groups excluding carboxylic acids is 1. The zero-order valence-corrected chi connectivity index (χ0v) is 13.3. The Kier molecular flexibility index (Phi) is 6.60. The molecule has 0 heterocycles. The van der Waals surface area contributed by atoms with Crippen LogP contribution in [0.2, 0.25) is 0 Å².